The van der Waals surface area contributed by atoms with E-state index in [-0.39, 0.29) is 24.1 Å². The summed E-state index contributed by atoms with van der Waals surface area (Å²) in [7, 11) is 0. The average Bonchev–Trinajstić information content (AvgIpc) is 2.73. The molecule has 0 aliphatic carbocycles. The Hall–Kier alpha value is -2.60. The third-order valence-electron chi connectivity index (χ3n) is 6.77. The number of nitrogens with one attached hydrogen (secondary N) is 1. The highest BCUT2D eigenvalue weighted by Gasteiger charge is 2.38. The predicted octanol–water partition coefficient (Wildman–Crippen LogP) is 4.92. The summed E-state index contributed by atoms with van der Waals surface area (Å²) < 4.78 is 25.7. The fourth-order valence-electron chi connectivity index (χ4n) is 5.19. The number of carbonyl (C=O) groups excluding carboxylic acids is 1. The van der Waals surface area contributed by atoms with E-state index in [0.717, 1.165) is 54.9 Å². The van der Waals surface area contributed by atoms with Crippen LogP contribution in [0.2, 0.25) is 0 Å². The van der Waals surface area contributed by atoms with Crippen LogP contribution >= 0.6 is 0 Å². The molecule has 2 aromatic carbocycles. The van der Waals surface area contributed by atoms with Crippen molar-refractivity contribution in [3.63, 3.8) is 0 Å². The highest BCUT2D eigenvalue weighted by atomic mass is 19.1. The molecule has 3 saturated heterocycles. The number of hydrogen-bond donors (Lipinski definition) is 1. The highest BCUT2D eigenvalue weighted by Crippen LogP contribution is 2.41. The lowest BCUT2D eigenvalue weighted by molar-refractivity contribution is -0.0350. The first-order chi connectivity index (χ1) is 14.9. The van der Waals surface area contributed by atoms with Crippen LogP contribution in [-0.2, 0) is 4.74 Å². The monoisotopic (exact) mass is 424 g/mol. The number of fused-ring (bicyclic) bond motifs is 4. The van der Waals surface area contributed by atoms with Crippen LogP contribution < -0.4 is 10.1 Å². The summed E-state index contributed by atoms with van der Waals surface area (Å²) in [5.41, 5.74) is 2.16. The summed E-state index contributed by atoms with van der Waals surface area (Å²) in [5.74, 6) is 0.932. The molecular weight excluding hydrogens is 395 g/mol. The maximum Gasteiger partial charge on any atom is 0.407 e. The van der Waals surface area contributed by atoms with E-state index in [0.29, 0.717) is 12.3 Å². The van der Waals surface area contributed by atoms with Gasteiger partial charge in [-0.15, -0.1) is 0 Å². The second-order valence-corrected chi connectivity index (χ2v) is 9.61. The molecule has 0 saturated carbocycles. The van der Waals surface area contributed by atoms with Gasteiger partial charge in [0.2, 0.25) is 0 Å². The van der Waals surface area contributed by atoms with Crippen molar-refractivity contribution in [3.8, 4) is 16.9 Å². The predicted molar refractivity (Wildman–Crippen MR) is 116 cm³/mol. The molecule has 31 heavy (non-hydrogen) atoms. The first-order valence-electron chi connectivity index (χ1n) is 11.1. The molecule has 4 aliphatic heterocycles. The molecule has 1 amide bonds. The van der Waals surface area contributed by atoms with Crippen molar-refractivity contribution in [2.75, 3.05) is 19.6 Å². The van der Waals surface area contributed by atoms with Gasteiger partial charge in [0.25, 0.3) is 0 Å². The van der Waals surface area contributed by atoms with Crippen LogP contribution in [0.5, 0.6) is 5.75 Å². The molecule has 5 nitrogen and oxygen atoms in total. The zero-order chi connectivity index (χ0) is 21.6. The van der Waals surface area contributed by atoms with Gasteiger partial charge in [0.05, 0.1) is 6.04 Å². The zero-order valence-electron chi connectivity index (χ0n) is 18.1. The Balaban J connectivity index is 1.37. The van der Waals surface area contributed by atoms with Gasteiger partial charge < -0.3 is 14.8 Å². The second-order valence-electron chi connectivity index (χ2n) is 9.61. The minimum Gasteiger partial charge on any atom is -0.487 e. The van der Waals surface area contributed by atoms with Crippen molar-refractivity contribution in [2.45, 2.75) is 50.9 Å². The number of halogens is 1. The van der Waals surface area contributed by atoms with E-state index in [1.807, 2.05) is 38.1 Å². The second kappa shape index (κ2) is 7.83. The highest BCUT2D eigenvalue weighted by molar-refractivity contribution is 5.70. The minimum atomic E-state index is -0.416. The van der Waals surface area contributed by atoms with Crippen LogP contribution in [0.15, 0.2) is 42.5 Å². The van der Waals surface area contributed by atoms with Gasteiger partial charge in [0.1, 0.15) is 23.3 Å². The molecular formula is C25H29FN2O3. The van der Waals surface area contributed by atoms with Gasteiger partial charge in [0.15, 0.2) is 0 Å². The Morgan fingerprint density at radius 2 is 1.94 bits per heavy atom. The van der Waals surface area contributed by atoms with Crippen LogP contribution in [0.4, 0.5) is 9.18 Å². The molecule has 164 valence electrons. The summed E-state index contributed by atoms with van der Waals surface area (Å²) in [6.07, 6.45) is 2.42. The van der Waals surface area contributed by atoms with E-state index in [1.165, 1.54) is 12.1 Å². The van der Waals surface area contributed by atoms with E-state index in [4.69, 9.17) is 9.47 Å². The Kier molecular flexibility index (Phi) is 5.13. The number of alkyl carbamates (subject to hydrolysis) is 1. The molecule has 1 unspecified atom stereocenters. The Labute approximate surface area is 182 Å². The van der Waals surface area contributed by atoms with Crippen LogP contribution in [0, 0.1) is 11.7 Å². The van der Waals surface area contributed by atoms with Gasteiger partial charge in [-0.05, 0) is 81.1 Å². The summed E-state index contributed by atoms with van der Waals surface area (Å²) in [6, 6.07) is 12.1. The molecule has 0 spiro atoms. The van der Waals surface area contributed by atoms with Crippen molar-refractivity contribution >= 4 is 6.09 Å². The fourth-order valence-corrected chi connectivity index (χ4v) is 5.19. The lowest BCUT2D eigenvalue weighted by atomic mass is 9.86. The molecule has 6 rings (SSSR count). The standard InChI is InChI=1S/C25H29FN2O3/c1-25(2)14-21(27-24(29)30-23-15-28-10-8-16(23)9-11-28)20-13-18(6-7-22(20)31-25)17-4-3-5-19(26)12-17/h3-7,12-13,16,21,23H,8-11,14-15H2,1-2H3,(H,27,29)/t21?,23-/m0/s1. The van der Waals surface area contributed by atoms with E-state index in [1.54, 1.807) is 6.07 Å². The lowest BCUT2D eigenvalue weighted by Gasteiger charge is -2.44. The largest absolute Gasteiger partial charge is 0.487 e. The maximum absolute atomic E-state index is 13.7. The molecule has 0 radical (unpaired) electrons. The van der Waals surface area contributed by atoms with E-state index >= 15 is 0 Å². The fraction of sp³-hybridized carbons (Fsp3) is 0.480. The molecule has 3 fully saturated rings. The van der Waals surface area contributed by atoms with Crippen molar-refractivity contribution < 1.29 is 18.7 Å². The number of carbonyl (C=O) groups is 1. The number of nitrogens with zero attached hydrogens (tertiary/aromatic N) is 1. The lowest BCUT2D eigenvalue weighted by Crippen LogP contribution is -2.53. The first kappa shape index (κ1) is 20.3. The van der Waals surface area contributed by atoms with Gasteiger partial charge in [-0.3, -0.25) is 4.90 Å². The third-order valence-corrected chi connectivity index (χ3v) is 6.77. The average molecular weight is 425 g/mol. The molecule has 2 atom stereocenters. The minimum absolute atomic E-state index is 0.0338. The first-order valence-corrected chi connectivity index (χ1v) is 11.1. The topological polar surface area (TPSA) is 50.8 Å². The maximum atomic E-state index is 13.7. The van der Waals surface area contributed by atoms with Crippen molar-refractivity contribution in [1.82, 2.24) is 10.2 Å². The van der Waals surface area contributed by atoms with Gasteiger partial charge >= 0.3 is 6.09 Å². The molecule has 0 aromatic heterocycles. The number of ether oxygens (including phenoxy) is 2. The summed E-state index contributed by atoms with van der Waals surface area (Å²) in [6.45, 7) is 7.08. The van der Waals surface area contributed by atoms with Crippen LogP contribution in [0.25, 0.3) is 11.1 Å². The molecule has 2 bridgehead atoms. The molecule has 2 aromatic rings. The number of amides is 1. The molecule has 1 N–H and O–H groups in total. The van der Waals surface area contributed by atoms with Gasteiger partial charge in [-0.1, -0.05) is 18.2 Å². The van der Waals surface area contributed by atoms with Gasteiger partial charge in [-0.2, -0.15) is 0 Å². The van der Waals surface area contributed by atoms with E-state index < -0.39 is 5.60 Å². The smallest absolute Gasteiger partial charge is 0.407 e. The normalized spacial score (nSPS) is 28.4. The van der Waals surface area contributed by atoms with Crippen molar-refractivity contribution in [2.24, 2.45) is 5.92 Å². The number of piperidine rings is 3. The molecule has 4 heterocycles. The van der Waals surface area contributed by atoms with Crippen molar-refractivity contribution in [3.05, 3.63) is 53.8 Å². The number of hydrogen-bond acceptors (Lipinski definition) is 4. The SMILES string of the molecule is CC1(C)CC(NC(=O)O[C@H]2CN3CCC2CC3)c2cc(-c3cccc(F)c3)ccc2O1. The Morgan fingerprint density at radius 3 is 2.65 bits per heavy atom. The molecule has 6 heteroatoms. The molecule has 4 aliphatic rings. The Morgan fingerprint density at radius 1 is 1.16 bits per heavy atom. The van der Waals surface area contributed by atoms with Crippen LogP contribution in [0.3, 0.4) is 0 Å². The van der Waals surface area contributed by atoms with E-state index in [9.17, 15) is 9.18 Å². The van der Waals surface area contributed by atoms with Gasteiger partial charge in [-0.25, -0.2) is 9.18 Å². The van der Waals surface area contributed by atoms with Crippen LogP contribution in [0.1, 0.15) is 44.7 Å². The zero-order valence-corrected chi connectivity index (χ0v) is 18.1. The summed E-state index contributed by atoms with van der Waals surface area (Å²) in [5, 5.41) is 3.09. The van der Waals surface area contributed by atoms with Crippen LogP contribution in [-0.4, -0.2) is 42.3 Å². The Bertz CT molecular complexity index is 984. The summed E-state index contributed by atoms with van der Waals surface area (Å²) >= 11 is 0. The summed E-state index contributed by atoms with van der Waals surface area (Å²) in [4.78, 5) is 15.2. The third kappa shape index (κ3) is 4.26. The quantitative estimate of drug-likeness (QED) is 0.760. The number of rotatable bonds is 3. The van der Waals surface area contributed by atoms with Crippen molar-refractivity contribution in [1.29, 1.82) is 0 Å². The van der Waals surface area contributed by atoms with E-state index in [2.05, 4.69) is 10.2 Å². The number of benzene rings is 2. The van der Waals surface area contributed by atoms with Gasteiger partial charge in [0, 0.05) is 18.5 Å².